The maximum Gasteiger partial charge on any atom is 0.134 e. The predicted octanol–water partition coefficient (Wildman–Crippen LogP) is 4.08. The molecule has 4 heteroatoms. The van der Waals surface area contributed by atoms with E-state index in [1.54, 1.807) is 25.1 Å². The van der Waals surface area contributed by atoms with Crippen LogP contribution in [-0.2, 0) is 0 Å². The quantitative estimate of drug-likeness (QED) is 0.888. The van der Waals surface area contributed by atoms with Crippen LogP contribution in [0.25, 0.3) is 0 Å². The highest BCUT2D eigenvalue weighted by molar-refractivity contribution is 9.10. The lowest BCUT2D eigenvalue weighted by atomic mass is 9.97. The highest BCUT2D eigenvalue weighted by atomic mass is 79.9. The lowest BCUT2D eigenvalue weighted by Gasteiger charge is -2.16. The van der Waals surface area contributed by atoms with Crippen molar-refractivity contribution in [3.05, 3.63) is 69.2 Å². The van der Waals surface area contributed by atoms with E-state index in [-0.39, 0.29) is 5.56 Å². The molecule has 0 bridgehead atoms. The Hall–Kier alpha value is -1.26. The van der Waals surface area contributed by atoms with Crippen LogP contribution in [0.2, 0.25) is 0 Å². The smallest absolute Gasteiger partial charge is 0.134 e. The molecular formula is C14H12BrF2N. The molecule has 0 aromatic heterocycles. The van der Waals surface area contributed by atoms with Crippen molar-refractivity contribution in [1.29, 1.82) is 0 Å². The van der Waals surface area contributed by atoms with Crippen molar-refractivity contribution in [2.45, 2.75) is 13.0 Å². The van der Waals surface area contributed by atoms with Crippen LogP contribution in [0.4, 0.5) is 8.78 Å². The summed E-state index contributed by atoms with van der Waals surface area (Å²) in [7, 11) is 0. The Morgan fingerprint density at radius 1 is 1.11 bits per heavy atom. The lowest BCUT2D eigenvalue weighted by Crippen LogP contribution is -2.16. The second-order valence-electron chi connectivity index (χ2n) is 4.09. The van der Waals surface area contributed by atoms with E-state index >= 15 is 0 Å². The molecule has 2 rings (SSSR count). The van der Waals surface area contributed by atoms with Gasteiger partial charge in [0.25, 0.3) is 0 Å². The van der Waals surface area contributed by atoms with Gasteiger partial charge in [0.15, 0.2) is 0 Å². The molecule has 1 nitrogen and oxygen atoms in total. The van der Waals surface area contributed by atoms with Crippen LogP contribution < -0.4 is 5.73 Å². The van der Waals surface area contributed by atoms with E-state index in [0.717, 1.165) is 4.47 Å². The third kappa shape index (κ3) is 2.31. The monoisotopic (exact) mass is 311 g/mol. The van der Waals surface area contributed by atoms with Gasteiger partial charge in [0, 0.05) is 10.0 Å². The van der Waals surface area contributed by atoms with Crippen LogP contribution in [0.5, 0.6) is 0 Å². The number of rotatable bonds is 2. The summed E-state index contributed by atoms with van der Waals surface area (Å²) >= 11 is 3.34. The number of hydrogen-bond acceptors (Lipinski definition) is 1. The molecule has 0 heterocycles. The normalized spacial score (nSPS) is 12.5. The Labute approximate surface area is 113 Å². The number of aryl methyl sites for hydroxylation is 1. The van der Waals surface area contributed by atoms with Crippen LogP contribution in [0, 0.1) is 18.6 Å². The van der Waals surface area contributed by atoms with E-state index in [1.807, 2.05) is 6.07 Å². The average Bonchev–Trinajstić information content (AvgIpc) is 2.35. The zero-order valence-electron chi connectivity index (χ0n) is 9.75. The van der Waals surface area contributed by atoms with Crippen LogP contribution in [-0.4, -0.2) is 0 Å². The van der Waals surface area contributed by atoms with Gasteiger partial charge in [-0.25, -0.2) is 8.78 Å². The number of benzene rings is 2. The van der Waals surface area contributed by atoms with E-state index in [9.17, 15) is 8.78 Å². The highest BCUT2D eigenvalue weighted by Crippen LogP contribution is 2.30. The number of halogens is 3. The number of hydrogen-bond donors (Lipinski definition) is 1. The summed E-state index contributed by atoms with van der Waals surface area (Å²) in [6.07, 6.45) is 0. The fourth-order valence-electron chi connectivity index (χ4n) is 1.85. The summed E-state index contributed by atoms with van der Waals surface area (Å²) in [6.45, 7) is 1.59. The molecule has 0 radical (unpaired) electrons. The average molecular weight is 312 g/mol. The molecule has 2 N–H and O–H groups in total. The fourth-order valence-corrected chi connectivity index (χ4v) is 2.38. The van der Waals surface area contributed by atoms with Gasteiger partial charge in [0.1, 0.15) is 11.6 Å². The first-order chi connectivity index (χ1) is 8.52. The van der Waals surface area contributed by atoms with E-state index in [4.69, 9.17) is 5.73 Å². The van der Waals surface area contributed by atoms with E-state index in [2.05, 4.69) is 15.9 Å². The topological polar surface area (TPSA) is 26.0 Å². The largest absolute Gasteiger partial charge is 0.320 e. The lowest BCUT2D eigenvalue weighted by molar-refractivity contribution is 0.538. The summed E-state index contributed by atoms with van der Waals surface area (Å²) in [5.74, 6) is -1.21. The van der Waals surface area contributed by atoms with Crippen LogP contribution in [0.3, 0.4) is 0 Å². The maximum absolute atomic E-state index is 14.0. The Balaban J connectivity index is 2.56. The van der Waals surface area contributed by atoms with Gasteiger partial charge in [-0.1, -0.05) is 40.2 Å². The van der Waals surface area contributed by atoms with Gasteiger partial charge in [-0.2, -0.15) is 0 Å². The summed E-state index contributed by atoms with van der Waals surface area (Å²) in [5.41, 5.74) is 6.92. The first kappa shape index (κ1) is 13.2. The first-order valence-corrected chi connectivity index (χ1v) is 6.26. The molecule has 1 unspecified atom stereocenters. The summed E-state index contributed by atoms with van der Waals surface area (Å²) in [5, 5.41) is 0. The number of nitrogens with two attached hydrogens (primary N) is 1. The van der Waals surface area contributed by atoms with Crippen molar-refractivity contribution in [2.75, 3.05) is 0 Å². The summed E-state index contributed by atoms with van der Waals surface area (Å²) in [4.78, 5) is 0. The van der Waals surface area contributed by atoms with Crippen LogP contribution in [0.1, 0.15) is 22.7 Å². The van der Waals surface area contributed by atoms with Crippen molar-refractivity contribution in [3.8, 4) is 0 Å². The van der Waals surface area contributed by atoms with Crippen molar-refractivity contribution in [3.63, 3.8) is 0 Å². The maximum atomic E-state index is 14.0. The minimum Gasteiger partial charge on any atom is -0.320 e. The van der Waals surface area contributed by atoms with Crippen LogP contribution >= 0.6 is 15.9 Å². The molecule has 2 aromatic rings. The predicted molar refractivity (Wildman–Crippen MR) is 71.3 cm³/mol. The third-order valence-corrected chi connectivity index (χ3v) is 3.59. The highest BCUT2D eigenvalue weighted by Gasteiger charge is 2.21. The Morgan fingerprint density at radius 2 is 1.78 bits per heavy atom. The van der Waals surface area contributed by atoms with Gasteiger partial charge in [-0.15, -0.1) is 0 Å². The third-order valence-electron chi connectivity index (χ3n) is 2.87. The molecule has 0 aliphatic rings. The van der Waals surface area contributed by atoms with E-state index in [0.29, 0.717) is 11.1 Å². The van der Waals surface area contributed by atoms with Gasteiger partial charge in [0.2, 0.25) is 0 Å². The van der Waals surface area contributed by atoms with Crippen molar-refractivity contribution >= 4 is 15.9 Å². The Morgan fingerprint density at radius 3 is 2.44 bits per heavy atom. The van der Waals surface area contributed by atoms with Gasteiger partial charge in [0.05, 0.1) is 6.04 Å². The Bertz CT molecular complexity index is 584. The molecule has 1 atom stereocenters. The minimum atomic E-state index is -0.833. The molecule has 0 saturated carbocycles. The van der Waals surface area contributed by atoms with Crippen LogP contribution in [0.15, 0.2) is 40.9 Å². The molecule has 0 amide bonds. The molecule has 0 aliphatic heterocycles. The zero-order chi connectivity index (χ0) is 13.3. The molecule has 0 aliphatic carbocycles. The molecule has 18 heavy (non-hydrogen) atoms. The molecule has 94 valence electrons. The molecular weight excluding hydrogens is 300 g/mol. The zero-order valence-corrected chi connectivity index (χ0v) is 11.3. The summed E-state index contributed by atoms with van der Waals surface area (Å²) < 4.78 is 28.5. The Kier molecular flexibility index (Phi) is 3.78. The minimum absolute atomic E-state index is 0.0955. The second kappa shape index (κ2) is 5.16. The van der Waals surface area contributed by atoms with E-state index in [1.165, 1.54) is 12.1 Å². The molecule has 2 aromatic carbocycles. The standard InChI is InChI=1S/C14H12BrF2N/c1-8-6-7-11(16)12(13(8)17)14(18)9-4-2-3-5-10(9)15/h2-7,14H,18H2,1H3. The van der Waals surface area contributed by atoms with E-state index < -0.39 is 17.7 Å². The van der Waals surface area contributed by atoms with Gasteiger partial charge in [-0.3, -0.25) is 0 Å². The SMILES string of the molecule is Cc1ccc(F)c(C(N)c2ccccc2Br)c1F. The molecule has 0 fully saturated rings. The van der Waals surface area contributed by atoms with Gasteiger partial charge < -0.3 is 5.73 Å². The molecule has 0 saturated heterocycles. The summed E-state index contributed by atoms with van der Waals surface area (Å²) in [6, 6.07) is 8.96. The van der Waals surface area contributed by atoms with Crippen molar-refractivity contribution < 1.29 is 8.78 Å². The second-order valence-corrected chi connectivity index (χ2v) is 4.95. The fraction of sp³-hybridized carbons (Fsp3) is 0.143. The van der Waals surface area contributed by atoms with Crippen molar-refractivity contribution in [1.82, 2.24) is 0 Å². The van der Waals surface area contributed by atoms with Gasteiger partial charge >= 0.3 is 0 Å². The first-order valence-electron chi connectivity index (χ1n) is 5.47. The van der Waals surface area contributed by atoms with Gasteiger partial charge in [-0.05, 0) is 30.2 Å². The van der Waals surface area contributed by atoms with Crippen molar-refractivity contribution in [2.24, 2.45) is 5.73 Å². The molecule has 0 spiro atoms.